The molecule has 0 amide bonds. The van der Waals surface area contributed by atoms with E-state index in [4.69, 9.17) is 21.1 Å². The topological polar surface area (TPSA) is 41.9 Å². The summed E-state index contributed by atoms with van der Waals surface area (Å²) in [6.07, 6.45) is 1.61. The van der Waals surface area contributed by atoms with Crippen LogP contribution in [0.4, 0.5) is 0 Å². The van der Waals surface area contributed by atoms with Gasteiger partial charge >= 0.3 is 0 Å². The van der Waals surface area contributed by atoms with Gasteiger partial charge < -0.3 is 14.6 Å². The van der Waals surface area contributed by atoms with Gasteiger partial charge in [0.2, 0.25) is 0 Å². The Morgan fingerprint density at radius 2 is 2.10 bits per heavy atom. The van der Waals surface area contributed by atoms with Crippen molar-refractivity contribution < 1.29 is 14.6 Å². The Hall–Kier alpha value is -0.810. The van der Waals surface area contributed by atoms with Gasteiger partial charge in [0.25, 0.3) is 0 Å². The molecule has 2 aliphatic heterocycles. The molecular formula is C15H20ClNO3. The maximum atomic E-state index is 10.0. The number of piperidine rings is 1. The van der Waals surface area contributed by atoms with E-state index >= 15 is 0 Å². The number of fused-ring (bicyclic) bond motifs is 1. The van der Waals surface area contributed by atoms with Crippen molar-refractivity contribution in [3.05, 3.63) is 28.3 Å². The Morgan fingerprint density at radius 1 is 1.35 bits per heavy atom. The zero-order valence-corrected chi connectivity index (χ0v) is 12.4. The molecule has 0 radical (unpaired) electrons. The SMILES string of the molecule is CC1(O)CCN(Cc2cc(Cl)cc3c2OCOC3)CC1. The van der Waals surface area contributed by atoms with Gasteiger partial charge in [-0.1, -0.05) is 11.6 Å². The lowest BCUT2D eigenvalue weighted by Gasteiger charge is -2.36. The average molecular weight is 298 g/mol. The molecule has 2 aliphatic rings. The van der Waals surface area contributed by atoms with Crippen LogP contribution in [0.25, 0.3) is 0 Å². The molecule has 3 rings (SSSR count). The number of hydrogen-bond acceptors (Lipinski definition) is 4. The van der Waals surface area contributed by atoms with Crippen molar-refractivity contribution in [3.8, 4) is 5.75 Å². The highest BCUT2D eigenvalue weighted by Crippen LogP contribution is 2.33. The summed E-state index contributed by atoms with van der Waals surface area (Å²) in [6, 6.07) is 3.87. The summed E-state index contributed by atoms with van der Waals surface area (Å²) < 4.78 is 10.9. The van der Waals surface area contributed by atoms with Crippen molar-refractivity contribution in [1.82, 2.24) is 4.90 Å². The Balaban J connectivity index is 1.76. The maximum Gasteiger partial charge on any atom is 0.189 e. The van der Waals surface area contributed by atoms with E-state index in [-0.39, 0.29) is 0 Å². The molecule has 110 valence electrons. The Bertz CT molecular complexity index is 494. The zero-order chi connectivity index (χ0) is 14.2. The van der Waals surface area contributed by atoms with Crippen LogP contribution in [0.3, 0.4) is 0 Å². The highest BCUT2D eigenvalue weighted by molar-refractivity contribution is 6.30. The van der Waals surface area contributed by atoms with Crippen LogP contribution in [0.1, 0.15) is 30.9 Å². The number of nitrogens with zero attached hydrogens (tertiary/aromatic N) is 1. The molecule has 1 N–H and O–H groups in total. The van der Waals surface area contributed by atoms with Crippen LogP contribution in [-0.2, 0) is 17.9 Å². The molecule has 4 nitrogen and oxygen atoms in total. The van der Waals surface area contributed by atoms with E-state index in [9.17, 15) is 5.11 Å². The van der Waals surface area contributed by atoms with Crippen LogP contribution in [0.15, 0.2) is 12.1 Å². The molecular weight excluding hydrogens is 278 g/mol. The van der Waals surface area contributed by atoms with Gasteiger partial charge in [-0.15, -0.1) is 0 Å². The molecule has 20 heavy (non-hydrogen) atoms. The van der Waals surface area contributed by atoms with Crippen LogP contribution in [-0.4, -0.2) is 35.5 Å². The lowest BCUT2D eigenvalue weighted by Crippen LogP contribution is -2.42. The van der Waals surface area contributed by atoms with E-state index in [1.807, 2.05) is 19.1 Å². The summed E-state index contributed by atoms with van der Waals surface area (Å²) in [5, 5.41) is 10.7. The predicted molar refractivity (Wildman–Crippen MR) is 76.9 cm³/mol. The molecule has 0 aromatic heterocycles. The van der Waals surface area contributed by atoms with E-state index in [1.54, 1.807) is 0 Å². The molecule has 0 spiro atoms. The monoisotopic (exact) mass is 297 g/mol. The average Bonchev–Trinajstić information content (AvgIpc) is 2.41. The third-order valence-corrected chi connectivity index (χ3v) is 4.30. The first-order valence-corrected chi connectivity index (χ1v) is 7.38. The van der Waals surface area contributed by atoms with Crippen molar-refractivity contribution in [2.75, 3.05) is 19.9 Å². The summed E-state index contributed by atoms with van der Waals surface area (Å²) in [6.45, 7) is 5.36. The molecule has 1 aromatic rings. The molecule has 5 heteroatoms. The molecule has 1 fully saturated rings. The molecule has 0 aliphatic carbocycles. The van der Waals surface area contributed by atoms with Gasteiger partial charge in [0.1, 0.15) is 5.75 Å². The maximum absolute atomic E-state index is 10.0. The van der Waals surface area contributed by atoms with Crippen molar-refractivity contribution >= 4 is 11.6 Å². The minimum Gasteiger partial charge on any atom is -0.467 e. The fourth-order valence-corrected chi connectivity index (χ4v) is 3.07. The van der Waals surface area contributed by atoms with Gasteiger partial charge in [0.15, 0.2) is 6.79 Å². The number of benzene rings is 1. The van der Waals surface area contributed by atoms with Crippen molar-refractivity contribution in [3.63, 3.8) is 0 Å². The molecule has 0 saturated carbocycles. The number of hydrogen-bond donors (Lipinski definition) is 1. The van der Waals surface area contributed by atoms with Gasteiger partial charge in [-0.25, -0.2) is 0 Å². The van der Waals surface area contributed by atoms with E-state index in [1.165, 1.54) is 0 Å². The normalized spacial score (nSPS) is 22.1. The molecule has 2 heterocycles. The van der Waals surface area contributed by atoms with Crippen molar-refractivity contribution in [2.45, 2.75) is 38.5 Å². The lowest BCUT2D eigenvalue weighted by atomic mass is 9.93. The summed E-state index contributed by atoms with van der Waals surface area (Å²) >= 11 is 6.18. The van der Waals surface area contributed by atoms with Crippen LogP contribution >= 0.6 is 11.6 Å². The van der Waals surface area contributed by atoms with Gasteiger partial charge in [-0.3, -0.25) is 4.90 Å². The third-order valence-electron chi connectivity index (χ3n) is 4.08. The largest absolute Gasteiger partial charge is 0.467 e. The first-order chi connectivity index (χ1) is 9.53. The van der Waals surface area contributed by atoms with Gasteiger partial charge in [-0.2, -0.15) is 0 Å². The standard InChI is InChI=1S/C15H20ClNO3/c1-15(18)2-4-17(5-3-15)8-11-6-13(16)7-12-9-19-10-20-14(11)12/h6-7,18H,2-5,8-10H2,1H3. The smallest absolute Gasteiger partial charge is 0.189 e. The Kier molecular flexibility index (Phi) is 3.91. The van der Waals surface area contributed by atoms with Crippen molar-refractivity contribution in [2.24, 2.45) is 0 Å². The first kappa shape index (κ1) is 14.1. The zero-order valence-electron chi connectivity index (χ0n) is 11.7. The highest BCUT2D eigenvalue weighted by atomic mass is 35.5. The van der Waals surface area contributed by atoms with Crippen LogP contribution in [0.5, 0.6) is 5.75 Å². The van der Waals surface area contributed by atoms with Crippen LogP contribution in [0, 0.1) is 0 Å². The molecule has 0 atom stereocenters. The first-order valence-electron chi connectivity index (χ1n) is 7.00. The van der Waals surface area contributed by atoms with Gasteiger partial charge in [0.05, 0.1) is 12.2 Å². The van der Waals surface area contributed by atoms with E-state index in [2.05, 4.69) is 4.90 Å². The Morgan fingerprint density at radius 3 is 2.85 bits per heavy atom. The quantitative estimate of drug-likeness (QED) is 0.911. The Labute approximate surface area is 124 Å². The van der Waals surface area contributed by atoms with Crippen LogP contribution in [0.2, 0.25) is 5.02 Å². The summed E-state index contributed by atoms with van der Waals surface area (Å²) in [5.74, 6) is 0.915. The van der Waals surface area contributed by atoms with E-state index < -0.39 is 5.60 Å². The number of likely N-dealkylation sites (tertiary alicyclic amines) is 1. The van der Waals surface area contributed by atoms with E-state index in [0.717, 1.165) is 54.4 Å². The third kappa shape index (κ3) is 3.09. The summed E-state index contributed by atoms with van der Waals surface area (Å²) in [5.41, 5.74) is 1.61. The van der Waals surface area contributed by atoms with Crippen LogP contribution < -0.4 is 4.74 Å². The number of rotatable bonds is 2. The number of halogens is 1. The fraction of sp³-hybridized carbons (Fsp3) is 0.600. The molecule has 0 bridgehead atoms. The second-order valence-corrected chi connectivity index (χ2v) is 6.37. The molecule has 1 saturated heterocycles. The minimum absolute atomic E-state index is 0.302. The second kappa shape index (κ2) is 5.53. The predicted octanol–water partition coefficient (Wildman–Crippen LogP) is 2.55. The lowest BCUT2D eigenvalue weighted by molar-refractivity contribution is -0.0196. The number of ether oxygens (including phenoxy) is 2. The van der Waals surface area contributed by atoms with Gasteiger partial charge in [0, 0.05) is 35.8 Å². The molecule has 0 unspecified atom stereocenters. The highest BCUT2D eigenvalue weighted by Gasteiger charge is 2.28. The van der Waals surface area contributed by atoms with E-state index in [0.29, 0.717) is 13.4 Å². The summed E-state index contributed by atoms with van der Waals surface area (Å²) in [4.78, 5) is 2.34. The van der Waals surface area contributed by atoms with Gasteiger partial charge in [-0.05, 0) is 31.9 Å². The fourth-order valence-electron chi connectivity index (χ4n) is 2.81. The molecule has 1 aromatic carbocycles. The second-order valence-electron chi connectivity index (χ2n) is 5.94. The number of aliphatic hydroxyl groups is 1. The summed E-state index contributed by atoms with van der Waals surface area (Å²) in [7, 11) is 0. The van der Waals surface area contributed by atoms with Crippen molar-refractivity contribution in [1.29, 1.82) is 0 Å². The minimum atomic E-state index is -0.519.